The average Bonchev–Trinajstić information content (AvgIpc) is 3.36. The van der Waals surface area contributed by atoms with Gasteiger partial charge in [-0.25, -0.2) is 0 Å². The van der Waals surface area contributed by atoms with Crippen molar-refractivity contribution in [1.82, 2.24) is 16.2 Å². The van der Waals surface area contributed by atoms with Crippen LogP contribution in [-0.2, 0) is 14.4 Å². The van der Waals surface area contributed by atoms with Crippen molar-refractivity contribution in [2.24, 2.45) is 0 Å². The number of hydrogen-bond donors (Lipinski definition) is 3. The molecule has 124 valence electrons. The minimum atomic E-state index is -0.911. The highest BCUT2D eigenvalue weighted by Crippen LogP contribution is 2.18. The highest BCUT2D eigenvalue weighted by atomic mass is 16.5. The third-order valence-corrected chi connectivity index (χ3v) is 2.94. The summed E-state index contributed by atoms with van der Waals surface area (Å²) in [4.78, 5) is 34.3. The molecule has 0 aliphatic heterocycles. The molecule has 0 radical (unpaired) electrons. The Kier molecular flexibility index (Phi) is 5.79. The number of hydrogen-bond acceptors (Lipinski definition) is 5. The number of benzene rings is 1. The van der Waals surface area contributed by atoms with E-state index < -0.39 is 17.7 Å². The van der Waals surface area contributed by atoms with Crippen molar-refractivity contribution in [1.29, 1.82) is 0 Å². The monoisotopic (exact) mass is 321 g/mol. The summed E-state index contributed by atoms with van der Waals surface area (Å²) < 4.78 is 10.5. The number of hydrazine groups is 1. The maximum atomic E-state index is 11.5. The highest BCUT2D eigenvalue weighted by molar-refractivity contribution is 6.35. The summed E-state index contributed by atoms with van der Waals surface area (Å²) in [6, 6.07) is 6.85. The van der Waals surface area contributed by atoms with Gasteiger partial charge in [-0.15, -0.1) is 0 Å². The summed E-state index contributed by atoms with van der Waals surface area (Å²) >= 11 is 0. The van der Waals surface area contributed by atoms with Crippen molar-refractivity contribution in [3.8, 4) is 11.5 Å². The molecule has 1 saturated carbocycles. The van der Waals surface area contributed by atoms with E-state index in [1.54, 1.807) is 24.3 Å². The van der Waals surface area contributed by atoms with Gasteiger partial charge in [0, 0.05) is 6.04 Å². The smallest absolute Gasteiger partial charge is 0.327 e. The average molecular weight is 321 g/mol. The van der Waals surface area contributed by atoms with Gasteiger partial charge in [-0.05, 0) is 44.0 Å². The molecule has 1 aliphatic carbocycles. The Bertz CT molecular complexity index is 569. The van der Waals surface area contributed by atoms with Crippen molar-refractivity contribution < 1.29 is 23.9 Å². The standard InChI is InChI=1S/C15H19N3O5/c1-2-22-11-5-7-12(8-6-11)23-9-13(19)17-18-15(21)14(20)16-10-3-4-10/h5-8,10H,2-4,9H2,1H3,(H,16,20)(H,17,19)(H,18,21). The van der Waals surface area contributed by atoms with E-state index >= 15 is 0 Å². The van der Waals surface area contributed by atoms with Crippen molar-refractivity contribution in [3.05, 3.63) is 24.3 Å². The van der Waals surface area contributed by atoms with Gasteiger partial charge >= 0.3 is 11.8 Å². The third-order valence-electron chi connectivity index (χ3n) is 2.94. The second-order valence-corrected chi connectivity index (χ2v) is 4.94. The largest absolute Gasteiger partial charge is 0.494 e. The molecule has 1 aromatic carbocycles. The molecule has 0 spiro atoms. The van der Waals surface area contributed by atoms with E-state index in [4.69, 9.17) is 9.47 Å². The topological polar surface area (TPSA) is 106 Å². The van der Waals surface area contributed by atoms with E-state index in [1.165, 1.54) is 0 Å². The van der Waals surface area contributed by atoms with Crippen molar-refractivity contribution >= 4 is 17.7 Å². The Hall–Kier alpha value is -2.77. The second kappa shape index (κ2) is 8.02. The molecular weight excluding hydrogens is 302 g/mol. The van der Waals surface area contributed by atoms with Gasteiger partial charge in [-0.2, -0.15) is 0 Å². The summed E-state index contributed by atoms with van der Waals surface area (Å²) in [5.74, 6) is -1.06. The molecule has 0 unspecified atom stereocenters. The molecule has 0 atom stereocenters. The number of carbonyl (C=O) groups is 3. The number of nitrogens with one attached hydrogen (secondary N) is 3. The fourth-order valence-electron chi connectivity index (χ4n) is 1.65. The summed E-state index contributed by atoms with van der Waals surface area (Å²) in [6.07, 6.45) is 1.75. The summed E-state index contributed by atoms with van der Waals surface area (Å²) in [7, 11) is 0. The van der Waals surface area contributed by atoms with E-state index in [1.807, 2.05) is 12.3 Å². The van der Waals surface area contributed by atoms with Gasteiger partial charge in [0.2, 0.25) is 0 Å². The van der Waals surface area contributed by atoms with Crippen LogP contribution in [0.5, 0.6) is 11.5 Å². The minimum Gasteiger partial charge on any atom is -0.494 e. The van der Waals surface area contributed by atoms with Crippen LogP contribution in [0.15, 0.2) is 24.3 Å². The van der Waals surface area contributed by atoms with Crippen LogP contribution in [0.4, 0.5) is 0 Å². The maximum Gasteiger partial charge on any atom is 0.327 e. The normalized spacial score (nSPS) is 12.9. The second-order valence-electron chi connectivity index (χ2n) is 4.94. The molecule has 8 heteroatoms. The molecule has 0 aromatic heterocycles. The maximum absolute atomic E-state index is 11.5. The van der Waals surface area contributed by atoms with Crippen LogP contribution in [0.25, 0.3) is 0 Å². The van der Waals surface area contributed by atoms with Crippen LogP contribution in [0.3, 0.4) is 0 Å². The summed E-state index contributed by atoms with van der Waals surface area (Å²) in [6.45, 7) is 2.16. The molecular formula is C15H19N3O5. The molecule has 0 heterocycles. The van der Waals surface area contributed by atoms with Gasteiger partial charge in [-0.3, -0.25) is 25.2 Å². The third kappa shape index (κ3) is 5.85. The molecule has 1 aromatic rings. The highest BCUT2D eigenvalue weighted by Gasteiger charge is 2.26. The molecule has 0 saturated heterocycles. The summed E-state index contributed by atoms with van der Waals surface area (Å²) in [5, 5.41) is 2.51. The lowest BCUT2D eigenvalue weighted by Gasteiger charge is -2.09. The predicted molar refractivity (Wildman–Crippen MR) is 80.6 cm³/mol. The van der Waals surface area contributed by atoms with Crippen LogP contribution in [-0.4, -0.2) is 37.0 Å². The zero-order valence-corrected chi connectivity index (χ0v) is 12.8. The molecule has 2 rings (SSSR count). The van der Waals surface area contributed by atoms with Crippen LogP contribution in [0.1, 0.15) is 19.8 Å². The van der Waals surface area contributed by atoms with Crippen molar-refractivity contribution in [3.63, 3.8) is 0 Å². The molecule has 3 N–H and O–H groups in total. The zero-order chi connectivity index (χ0) is 16.7. The minimum absolute atomic E-state index is 0.0759. The van der Waals surface area contributed by atoms with Gasteiger partial charge in [-0.1, -0.05) is 0 Å². The van der Waals surface area contributed by atoms with Crippen LogP contribution in [0, 0.1) is 0 Å². The van der Waals surface area contributed by atoms with Gasteiger partial charge in [0.15, 0.2) is 6.61 Å². The Balaban J connectivity index is 1.65. The van der Waals surface area contributed by atoms with Gasteiger partial charge in [0.05, 0.1) is 6.61 Å². The lowest BCUT2D eigenvalue weighted by atomic mass is 10.3. The predicted octanol–water partition coefficient (Wildman–Crippen LogP) is -0.110. The van der Waals surface area contributed by atoms with Crippen LogP contribution >= 0.6 is 0 Å². The van der Waals surface area contributed by atoms with E-state index in [0.29, 0.717) is 18.1 Å². The molecule has 23 heavy (non-hydrogen) atoms. The number of carbonyl (C=O) groups excluding carboxylic acids is 3. The van der Waals surface area contributed by atoms with Crippen molar-refractivity contribution in [2.45, 2.75) is 25.8 Å². The first kappa shape index (κ1) is 16.6. The Labute approximate surface area is 133 Å². The number of rotatable bonds is 6. The molecule has 3 amide bonds. The molecule has 1 fully saturated rings. The van der Waals surface area contributed by atoms with Gasteiger partial charge in [0.1, 0.15) is 11.5 Å². The number of amides is 3. The lowest BCUT2D eigenvalue weighted by molar-refractivity contribution is -0.141. The van der Waals surface area contributed by atoms with Crippen LogP contribution in [0.2, 0.25) is 0 Å². The van der Waals surface area contributed by atoms with Crippen molar-refractivity contribution in [2.75, 3.05) is 13.2 Å². The fourth-order valence-corrected chi connectivity index (χ4v) is 1.65. The number of ether oxygens (including phenoxy) is 2. The zero-order valence-electron chi connectivity index (χ0n) is 12.8. The summed E-state index contributed by atoms with van der Waals surface area (Å²) in [5.41, 5.74) is 4.14. The Morgan fingerprint density at radius 1 is 1.00 bits per heavy atom. The Morgan fingerprint density at radius 3 is 2.17 bits per heavy atom. The van der Waals surface area contributed by atoms with Gasteiger partial charge in [0.25, 0.3) is 5.91 Å². The molecule has 1 aliphatic rings. The first-order valence-electron chi connectivity index (χ1n) is 7.34. The Morgan fingerprint density at radius 2 is 1.61 bits per heavy atom. The first-order chi connectivity index (χ1) is 11.1. The fraction of sp³-hybridized carbons (Fsp3) is 0.400. The molecule has 8 nitrogen and oxygen atoms in total. The lowest BCUT2D eigenvalue weighted by Crippen LogP contribution is -2.50. The van der Waals surface area contributed by atoms with Crippen LogP contribution < -0.4 is 25.6 Å². The van der Waals surface area contributed by atoms with E-state index in [9.17, 15) is 14.4 Å². The van der Waals surface area contributed by atoms with E-state index in [0.717, 1.165) is 12.8 Å². The first-order valence-corrected chi connectivity index (χ1v) is 7.34. The van der Waals surface area contributed by atoms with Gasteiger partial charge < -0.3 is 14.8 Å². The molecule has 0 bridgehead atoms. The SMILES string of the molecule is CCOc1ccc(OCC(=O)NNC(=O)C(=O)NC2CC2)cc1. The van der Waals surface area contributed by atoms with E-state index in [-0.39, 0.29) is 12.6 Å². The quantitative estimate of drug-likeness (QED) is 0.501. The van der Waals surface area contributed by atoms with E-state index in [2.05, 4.69) is 10.7 Å².